The Bertz CT molecular complexity index is 821. The van der Waals surface area contributed by atoms with Crippen LogP contribution in [0.2, 0.25) is 0 Å². The molecule has 7 heteroatoms. The van der Waals surface area contributed by atoms with Crippen molar-refractivity contribution in [2.75, 3.05) is 5.32 Å². The quantitative estimate of drug-likeness (QED) is 0.796. The zero-order chi connectivity index (χ0) is 16.4. The largest absolute Gasteiger partial charge is 0.459 e. The van der Waals surface area contributed by atoms with Crippen LogP contribution in [-0.2, 0) is 11.2 Å². The van der Waals surface area contributed by atoms with Crippen molar-refractivity contribution in [1.82, 2.24) is 4.98 Å². The van der Waals surface area contributed by atoms with Gasteiger partial charge in [0.15, 0.2) is 5.76 Å². The van der Waals surface area contributed by atoms with Gasteiger partial charge in [-0.1, -0.05) is 6.07 Å². The van der Waals surface area contributed by atoms with Gasteiger partial charge in [-0.15, -0.1) is 0 Å². The number of amides is 1. The summed E-state index contributed by atoms with van der Waals surface area (Å²) in [6, 6.07) is 6.70. The van der Waals surface area contributed by atoms with Crippen LogP contribution in [0.4, 0.5) is 14.5 Å². The smallest absolute Gasteiger partial charge is 0.263 e. The Kier molecular flexibility index (Phi) is 3.92. The zero-order valence-electron chi connectivity index (χ0n) is 12.1. The fraction of sp³-hybridized carbons (Fsp3) is 0.125. The number of aryl methyl sites for hydroxylation is 1. The average molecular weight is 318 g/mol. The SMILES string of the molecule is Cc1oc(-c2ccco2)nc1CC(=O)Nc1c(F)cccc1F. The molecule has 0 radical (unpaired) electrons. The summed E-state index contributed by atoms with van der Waals surface area (Å²) in [4.78, 5) is 16.2. The van der Waals surface area contributed by atoms with Crippen molar-refractivity contribution in [3.05, 3.63) is 59.7 Å². The molecular weight excluding hydrogens is 306 g/mol. The lowest BCUT2D eigenvalue weighted by Gasteiger charge is -2.06. The minimum absolute atomic E-state index is 0.177. The zero-order valence-corrected chi connectivity index (χ0v) is 12.1. The number of nitrogens with zero attached hydrogens (tertiary/aromatic N) is 1. The van der Waals surface area contributed by atoms with E-state index in [1.165, 1.54) is 12.3 Å². The number of nitrogens with one attached hydrogen (secondary N) is 1. The molecule has 0 aliphatic heterocycles. The van der Waals surface area contributed by atoms with Crippen molar-refractivity contribution in [3.63, 3.8) is 0 Å². The van der Waals surface area contributed by atoms with E-state index in [2.05, 4.69) is 10.3 Å². The molecule has 2 heterocycles. The Morgan fingerprint density at radius 1 is 1.22 bits per heavy atom. The number of carbonyl (C=O) groups is 1. The number of halogens is 2. The molecule has 0 saturated carbocycles. The van der Waals surface area contributed by atoms with E-state index in [0.29, 0.717) is 17.2 Å². The molecule has 0 unspecified atom stereocenters. The number of hydrogen-bond donors (Lipinski definition) is 1. The van der Waals surface area contributed by atoms with Gasteiger partial charge in [0, 0.05) is 0 Å². The van der Waals surface area contributed by atoms with E-state index in [9.17, 15) is 13.6 Å². The molecule has 0 aliphatic rings. The lowest BCUT2D eigenvalue weighted by molar-refractivity contribution is -0.115. The summed E-state index contributed by atoms with van der Waals surface area (Å²) in [5, 5.41) is 2.20. The van der Waals surface area contributed by atoms with Gasteiger partial charge in [-0.25, -0.2) is 13.8 Å². The van der Waals surface area contributed by atoms with Crippen molar-refractivity contribution >= 4 is 11.6 Å². The van der Waals surface area contributed by atoms with Gasteiger partial charge in [0.05, 0.1) is 18.4 Å². The minimum atomic E-state index is -0.841. The van der Waals surface area contributed by atoms with Gasteiger partial charge in [-0.3, -0.25) is 4.79 Å². The summed E-state index contributed by atoms with van der Waals surface area (Å²) in [5.41, 5.74) is -0.115. The summed E-state index contributed by atoms with van der Waals surface area (Å²) in [6.07, 6.45) is 1.30. The summed E-state index contributed by atoms with van der Waals surface area (Å²) >= 11 is 0. The molecule has 5 nitrogen and oxygen atoms in total. The van der Waals surface area contributed by atoms with Crippen molar-refractivity contribution in [2.24, 2.45) is 0 Å². The van der Waals surface area contributed by atoms with Gasteiger partial charge in [-0.05, 0) is 31.2 Å². The lowest BCUT2D eigenvalue weighted by Crippen LogP contribution is -2.17. The van der Waals surface area contributed by atoms with Crippen LogP contribution in [0.1, 0.15) is 11.5 Å². The van der Waals surface area contributed by atoms with Crippen molar-refractivity contribution < 1.29 is 22.4 Å². The predicted octanol–water partition coefficient (Wildman–Crippen LogP) is 3.70. The number of carbonyl (C=O) groups excluding carboxylic acids is 1. The van der Waals surface area contributed by atoms with Crippen LogP contribution < -0.4 is 5.32 Å². The number of aromatic nitrogens is 1. The van der Waals surface area contributed by atoms with Gasteiger partial charge in [0.25, 0.3) is 5.89 Å². The summed E-state index contributed by atoms with van der Waals surface area (Å²) in [6.45, 7) is 1.64. The number of benzene rings is 1. The van der Waals surface area contributed by atoms with E-state index in [0.717, 1.165) is 12.1 Å². The molecule has 3 rings (SSSR count). The molecule has 0 aliphatic carbocycles. The molecule has 23 heavy (non-hydrogen) atoms. The molecule has 0 atom stereocenters. The Morgan fingerprint density at radius 3 is 2.61 bits per heavy atom. The molecule has 1 N–H and O–H groups in total. The van der Waals surface area contributed by atoms with E-state index in [4.69, 9.17) is 8.83 Å². The van der Waals surface area contributed by atoms with Crippen LogP contribution in [0.3, 0.4) is 0 Å². The topological polar surface area (TPSA) is 68.3 Å². The summed E-state index contributed by atoms with van der Waals surface area (Å²) in [7, 11) is 0. The Morgan fingerprint density at radius 2 is 1.96 bits per heavy atom. The van der Waals surface area contributed by atoms with Crippen LogP contribution in [0.25, 0.3) is 11.7 Å². The molecule has 0 spiro atoms. The van der Waals surface area contributed by atoms with E-state index < -0.39 is 23.2 Å². The van der Waals surface area contributed by atoms with E-state index >= 15 is 0 Å². The normalized spacial score (nSPS) is 10.7. The third-order valence-corrected chi connectivity index (χ3v) is 3.18. The van der Waals surface area contributed by atoms with Gasteiger partial charge in [0.2, 0.25) is 5.91 Å². The number of rotatable bonds is 4. The first-order chi connectivity index (χ1) is 11.0. The van der Waals surface area contributed by atoms with Crippen LogP contribution >= 0.6 is 0 Å². The Balaban J connectivity index is 1.76. The third kappa shape index (κ3) is 3.13. The molecule has 2 aromatic heterocycles. The highest BCUT2D eigenvalue weighted by Gasteiger charge is 2.18. The van der Waals surface area contributed by atoms with Gasteiger partial charge in [-0.2, -0.15) is 0 Å². The molecule has 118 valence electrons. The number of anilines is 1. The van der Waals surface area contributed by atoms with Crippen molar-refractivity contribution in [1.29, 1.82) is 0 Å². The van der Waals surface area contributed by atoms with Crippen LogP contribution in [0.15, 0.2) is 45.4 Å². The molecule has 1 aromatic carbocycles. The maximum Gasteiger partial charge on any atom is 0.263 e. The number of hydrogen-bond acceptors (Lipinski definition) is 4. The maximum atomic E-state index is 13.5. The maximum absolute atomic E-state index is 13.5. The second-order valence-electron chi connectivity index (χ2n) is 4.82. The average Bonchev–Trinajstić information content (AvgIpc) is 3.14. The number of furan rings is 1. The number of oxazole rings is 1. The van der Waals surface area contributed by atoms with E-state index in [1.54, 1.807) is 19.1 Å². The highest BCUT2D eigenvalue weighted by Crippen LogP contribution is 2.23. The van der Waals surface area contributed by atoms with Crippen LogP contribution in [-0.4, -0.2) is 10.9 Å². The Hall–Kier alpha value is -2.96. The first-order valence-electron chi connectivity index (χ1n) is 6.78. The van der Waals surface area contributed by atoms with Crippen LogP contribution in [0.5, 0.6) is 0 Å². The first kappa shape index (κ1) is 15.0. The third-order valence-electron chi connectivity index (χ3n) is 3.18. The van der Waals surface area contributed by atoms with E-state index in [1.807, 2.05) is 0 Å². The highest BCUT2D eigenvalue weighted by molar-refractivity contribution is 5.92. The first-order valence-corrected chi connectivity index (χ1v) is 6.78. The molecular formula is C16H12F2N2O3. The summed E-state index contributed by atoms with van der Waals surface area (Å²) in [5.74, 6) is -1.18. The lowest BCUT2D eigenvalue weighted by atomic mass is 10.2. The predicted molar refractivity (Wildman–Crippen MR) is 77.6 cm³/mol. The Labute approximate surface area is 129 Å². The molecule has 1 amide bonds. The minimum Gasteiger partial charge on any atom is -0.459 e. The monoisotopic (exact) mass is 318 g/mol. The van der Waals surface area contributed by atoms with Crippen LogP contribution in [0, 0.1) is 18.6 Å². The van der Waals surface area contributed by atoms with E-state index in [-0.39, 0.29) is 12.3 Å². The second kappa shape index (κ2) is 6.04. The standard InChI is InChI=1S/C16H12F2N2O3/c1-9-12(19-16(23-9)13-6-3-7-22-13)8-14(21)20-15-10(17)4-2-5-11(15)18/h2-7H,8H2,1H3,(H,20,21). The second-order valence-corrected chi connectivity index (χ2v) is 4.82. The number of para-hydroxylation sites is 1. The molecule has 0 fully saturated rings. The van der Waals surface area contributed by atoms with Gasteiger partial charge < -0.3 is 14.2 Å². The van der Waals surface area contributed by atoms with Crippen molar-refractivity contribution in [3.8, 4) is 11.7 Å². The molecule has 3 aromatic rings. The van der Waals surface area contributed by atoms with Gasteiger partial charge >= 0.3 is 0 Å². The fourth-order valence-corrected chi connectivity index (χ4v) is 2.05. The summed E-state index contributed by atoms with van der Waals surface area (Å²) < 4.78 is 37.6. The van der Waals surface area contributed by atoms with Crippen molar-refractivity contribution in [2.45, 2.75) is 13.3 Å². The highest BCUT2D eigenvalue weighted by atomic mass is 19.1. The molecule has 0 saturated heterocycles. The van der Waals surface area contributed by atoms with Gasteiger partial charge in [0.1, 0.15) is 23.1 Å². The fourth-order valence-electron chi connectivity index (χ4n) is 2.05. The molecule has 0 bridgehead atoms.